The van der Waals surface area contributed by atoms with Crippen LogP contribution < -0.4 is 5.73 Å². The van der Waals surface area contributed by atoms with E-state index in [0.29, 0.717) is 11.6 Å². The van der Waals surface area contributed by atoms with Crippen LogP contribution in [0.3, 0.4) is 0 Å². The number of fused-ring (bicyclic) bond motifs is 1. The zero-order chi connectivity index (χ0) is 12.7. The van der Waals surface area contributed by atoms with Crippen LogP contribution in [0.25, 0.3) is 22.6 Å². The van der Waals surface area contributed by atoms with Crippen molar-refractivity contribution in [1.82, 2.24) is 4.98 Å². The van der Waals surface area contributed by atoms with E-state index in [1.807, 2.05) is 43.3 Å². The van der Waals surface area contributed by atoms with Crippen molar-refractivity contribution in [2.24, 2.45) is 0 Å². The van der Waals surface area contributed by atoms with Gasteiger partial charge in [0.05, 0.1) is 5.56 Å². The minimum atomic E-state index is 0.578. The normalized spacial score (nSPS) is 11.0. The summed E-state index contributed by atoms with van der Waals surface area (Å²) in [6.45, 7) is 2.03. The lowest BCUT2D eigenvalue weighted by atomic mass is 10.2. The van der Waals surface area contributed by atoms with E-state index in [9.17, 15) is 0 Å². The fourth-order valence-electron chi connectivity index (χ4n) is 1.85. The number of rotatable bonds is 1. The average molecular weight is 303 g/mol. The van der Waals surface area contributed by atoms with Crippen LogP contribution in [0.5, 0.6) is 0 Å². The molecule has 4 heteroatoms. The Morgan fingerprint density at radius 1 is 1.17 bits per heavy atom. The molecule has 0 aliphatic rings. The Morgan fingerprint density at radius 2 is 2.00 bits per heavy atom. The van der Waals surface area contributed by atoms with Crippen molar-refractivity contribution in [3.05, 3.63) is 46.4 Å². The number of halogens is 1. The van der Waals surface area contributed by atoms with Crippen LogP contribution in [0, 0.1) is 6.92 Å². The molecule has 1 aromatic heterocycles. The number of aromatic nitrogens is 1. The van der Waals surface area contributed by atoms with Crippen LogP contribution in [0.15, 0.2) is 45.3 Å². The Kier molecular flexibility index (Phi) is 2.59. The molecule has 0 fully saturated rings. The van der Waals surface area contributed by atoms with Crippen molar-refractivity contribution in [3.8, 4) is 11.5 Å². The lowest BCUT2D eigenvalue weighted by molar-refractivity contribution is 0.619. The molecule has 3 aromatic rings. The SMILES string of the molecule is Cc1ccc2nc(-c3cc(N)ccc3Br)oc2c1. The van der Waals surface area contributed by atoms with Gasteiger partial charge in [0.25, 0.3) is 0 Å². The topological polar surface area (TPSA) is 52.0 Å². The summed E-state index contributed by atoms with van der Waals surface area (Å²) in [6.07, 6.45) is 0. The third kappa shape index (κ3) is 1.88. The predicted molar refractivity (Wildman–Crippen MR) is 76.3 cm³/mol. The fourth-order valence-corrected chi connectivity index (χ4v) is 2.27. The molecule has 2 N–H and O–H groups in total. The molecule has 0 unspecified atom stereocenters. The standard InChI is InChI=1S/C14H11BrN2O/c1-8-2-5-12-13(6-8)18-14(17-12)10-7-9(16)3-4-11(10)15/h2-7H,16H2,1H3. The summed E-state index contributed by atoms with van der Waals surface area (Å²) < 4.78 is 6.69. The lowest BCUT2D eigenvalue weighted by Gasteiger charge is -2.00. The summed E-state index contributed by atoms with van der Waals surface area (Å²) in [6, 6.07) is 11.5. The van der Waals surface area contributed by atoms with Crippen molar-refractivity contribution in [1.29, 1.82) is 0 Å². The van der Waals surface area contributed by atoms with Crippen molar-refractivity contribution in [2.75, 3.05) is 5.73 Å². The second-order valence-corrected chi connectivity index (χ2v) is 5.08. The molecule has 0 atom stereocenters. The van der Waals surface area contributed by atoms with Crippen LogP contribution in [0.2, 0.25) is 0 Å². The maximum atomic E-state index is 5.79. The smallest absolute Gasteiger partial charge is 0.228 e. The van der Waals surface area contributed by atoms with Gasteiger partial charge in [-0.15, -0.1) is 0 Å². The number of oxazole rings is 1. The molecule has 3 rings (SSSR count). The first-order valence-electron chi connectivity index (χ1n) is 5.56. The summed E-state index contributed by atoms with van der Waals surface area (Å²) in [5, 5.41) is 0. The molecule has 2 aromatic carbocycles. The summed E-state index contributed by atoms with van der Waals surface area (Å²) in [5.41, 5.74) is 10.1. The van der Waals surface area contributed by atoms with E-state index < -0.39 is 0 Å². The van der Waals surface area contributed by atoms with Gasteiger partial charge in [-0.3, -0.25) is 0 Å². The molecule has 0 aliphatic heterocycles. The van der Waals surface area contributed by atoms with Gasteiger partial charge in [0, 0.05) is 10.2 Å². The second kappa shape index (κ2) is 4.14. The lowest BCUT2D eigenvalue weighted by Crippen LogP contribution is -1.86. The highest BCUT2D eigenvalue weighted by Crippen LogP contribution is 2.31. The Morgan fingerprint density at radius 3 is 2.83 bits per heavy atom. The fraction of sp³-hybridized carbons (Fsp3) is 0.0714. The number of nitrogens with two attached hydrogens (primary N) is 1. The monoisotopic (exact) mass is 302 g/mol. The molecule has 0 amide bonds. The molecule has 0 saturated carbocycles. The number of hydrogen-bond donors (Lipinski definition) is 1. The van der Waals surface area contributed by atoms with E-state index >= 15 is 0 Å². The number of benzene rings is 2. The number of nitrogens with zero attached hydrogens (tertiary/aromatic N) is 1. The molecular formula is C14H11BrN2O. The van der Waals surface area contributed by atoms with Crippen molar-refractivity contribution >= 4 is 32.7 Å². The molecule has 18 heavy (non-hydrogen) atoms. The maximum Gasteiger partial charge on any atom is 0.228 e. The molecular weight excluding hydrogens is 292 g/mol. The highest BCUT2D eigenvalue weighted by molar-refractivity contribution is 9.10. The van der Waals surface area contributed by atoms with Crippen molar-refractivity contribution in [2.45, 2.75) is 6.92 Å². The zero-order valence-corrected chi connectivity index (χ0v) is 11.4. The average Bonchev–Trinajstić information content (AvgIpc) is 2.74. The number of nitrogen functional groups attached to an aromatic ring is 1. The van der Waals surface area contributed by atoms with Gasteiger partial charge in [0.1, 0.15) is 5.52 Å². The van der Waals surface area contributed by atoms with Gasteiger partial charge < -0.3 is 10.2 Å². The molecule has 0 saturated heterocycles. The predicted octanol–water partition coefficient (Wildman–Crippen LogP) is 4.15. The van der Waals surface area contributed by atoms with Crippen LogP contribution in [-0.2, 0) is 0 Å². The van der Waals surface area contributed by atoms with Crippen LogP contribution >= 0.6 is 15.9 Å². The number of anilines is 1. The Balaban J connectivity index is 2.22. The van der Waals surface area contributed by atoms with Gasteiger partial charge in [-0.05, 0) is 58.7 Å². The first-order chi connectivity index (χ1) is 8.63. The minimum absolute atomic E-state index is 0.578. The van der Waals surface area contributed by atoms with Crippen LogP contribution in [-0.4, -0.2) is 4.98 Å². The van der Waals surface area contributed by atoms with Gasteiger partial charge >= 0.3 is 0 Å². The van der Waals surface area contributed by atoms with Gasteiger partial charge in [-0.1, -0.05) is 6.07 Å². The zero-order valence-electron chi connectivity index (χ0n) is 9.77. The molecule has 90 valence electrons. The van der Waals surface area contributed by atoms with E-state index in [2.05, 4.69) is 20.9 Å². The van der Waals surface area contributed by atoms with Crippen molar-refractivity contribution < 1.29 is 4.42 Å². The maximum absolute atomic E-state index is 5.79. The first kappa shape index (κ1) is 11.3. The summed E-state index contributed by atoms with van der Waals surface area (Å²) in [7, 11) is 0. The van der Waals surface area contributed by atoms with Crippen LogP contribution in [0.4, 0.5) is 5.69 Å². The molecule has 0 spiro atoms. The third-order valence-corrected chi connectivity index (χ3v) is 3.46. The van der Waals surface area contributed by atoms with E-state index in [0.717, 1.165) is 26.7 Å². The van der Waals surface area contributed by atoms with E-state index in [1.165, 1.54) is 0 Å². The highest BCUT2D eigenvalue weighted by Gasteiger charge is 2.11. The summed E-state index contributed by atoms with van der Waals surface area (Å²) >= 11 is 3.48. The van der Waals surface area contributed by atoms with Gasteiger partial charge in [0.15, 0.2) is 5.58 Å². The molecule has 0 bridgehead atoms. The highest BCUT2D eigenvalue weighted by atomic mass is 79.9. The van der Waals surface area contributed by atoms with Crippen LogP contribution in [0.1, 0.15) is 5.56 Å². The third-order valence-electron chi connectivity index (χ3n) is 2.76. The Bertz CT molecular complexity index is 734. The van der Waals surface area contributed by atoms with E-state index in [1.54, 1.807) is 0 Å². The quantitative estimate of drug-likeness (QED) is 0.687. The van der Waals surface area contributed by atoms with E-state index in [-0.39, 0.29) is 0 Å². The van der Waals surface area contributed by atoms with Gasteiger partial charge in [0.2, 0.25) is 5.89 Å². The number of hydrogen-bond acceptors (Lipinski definition) is 3. The molecule has 3 nitrogen and oxygen atoms in total. The van der Waals surface area contributed by atoms with Crippen molar-refractivity contribution in [3.63, 3.8) is 0 Å². The summed E-state index contributed by atoms with van der Waals surface area (Å²) in [4.78, 5) is 4.47. The molecule has 1 heterocycles. The van der Waals surface area contributed by atoms with Gasteiger partial charge in [-0.2, -0.15) is 0 Å². The molecule has 0 radical (unpaired) electrons. The Labute approximate surface area is 113 Å². The van der Waals surface area contributed by atoms with E-state index in [4.69, 9.17) is 10.2 Å². The first-order valence-corrected chi connectivity index (χ1v) is 6.35. The number of aryl methyl sites for hydroxylation is 1. The largest absolute Gasteiger partial charge is 0.436 e. The second-order valence-electron chi connectivity index (χ2n) is 4.23. The minimum Gasteiger partial charge on any atom is -0.436 e. The molecule has 0 aliphatic carbocycles. The summed E-state index contributed by atoms with van der Waals surface area (Å²) in [5.74, 6) is 0.578. The Hall–Kier alpha value is -1.81. The van der Waals surface area contributed by atoms with Gasteiger partial charge in [-0.25, -0.2) is 4.98 Å².